The highest BCUT2D eigenvalue weighted by Gasteiger charge is 2.67. The van der Waals surface area contributed by atoms with E-state index in [4.69, 9.17) is 9.47 Å². The molecule has 2 aromatic rings. The van der Waals surface area contributed by atoms with Gasteiger partial charge in [0.2, 0.25) is 5.91 Å². The smallest absolute Gasteiger partial charge is 0.313 e. The fraction of sp³-hybridized carbons (Fsp3) is 0.304. The molecule has 0 unspecified atom stereocenters. The first-order chi connectivity index (χ1) is 13.6. The van der Waals surface area contributed by atoms with E-state index >= 15 is 0 Å². The number of anilines is 1. The van der Waals surface area contributed by atoms with Crippen LogP contribution >= 0.6 is 0 Å². The van der Waals surface area contributed by atoms with Gasteiger partial charge in [0.15, 0.2) is 0 Å². The minimum atomic E-state index is -0.734. The highest BCUT2D eigenvalue weighted by Crippen LogP contribution is 2.53. The predicted octanol–water partition coefficient (Wildman–Crippen LogP) is 3.02. The summed E-state index contributed by atoms with van der Waals surface area (Å²) in [5.74, 6) is -1.58. The van der Waals surface area contributed by atoms with E-state index in [0.717, 1.165) is 16.8 Å². The molecular weight excluding hydrogens is 354 g/mol. The van der Waals surface area contributed by atoms with Gasteiger partial charge in [-0.15, -0.1) is 0 Å². The number of nitrogens with zero attached hydrogens (tertiary/aromatic N) is 1. The first-order valence-corrected chi connectivity index (χ1v) is 9.53. The minimum Gasteiger partial charge on any atom is -0.460 e. The summed E-state index contributed by atoms with van der Waals surface area (Å²) in [6, 6.07) is 17.4. The molecule has 0 aliphatic carbocycles. The average molecular weight is 375 g/mol. The van der Waals surface area contributed by atoms with Gasteiger partial charge in [-0.3, -0.25) is 9.59 Å². The number of rotatable bonds is 4. The van der Waals surface area contributed by atoms with E-state index in [0.29, 0.717) is 6.54 Å². The zero-order valence-electron chi connectivity index (χ0n) is 15.6. The fourth-order valence-electron chi connectivity index (χ4n) is 4.61. The monoisotopic (exact) mass is 375 g/mol. The number of aryl methyl sites for hydroxylation is 1. The van der Waals surface area contributed by atoms with Crippen molar-refractivity contribution in [2.45, 2.75) is 25.2 Å². The Labute approximate surface area is 163 Å². The Bertz CT molecular complexity index is 970. The maximum absolute atomic E-state index is 13.3. The van der Waals surface area contributed by atoms with E-state index in [1.165, 1.54) is 0 Å². The number of amides is 1. The van der Waals surface area contributed by atoms with Gasteiger partial charge in [-0.25, -0.2) is 0 Å². The molecule has 0 saturated carbocycles. The summed E-state index contributed by atoms with van der Waals surface area (Å²) in [5, 5.41) is 0. The SMILES string of the molecule is Cc1cccc(N2C[C@@]34C=C[C@H](O3)[C@@H](C(=O)OCc3ccccc3)[C@@H]4C2=O)c1. The second-order valence-corrected chi connectivity index (χ2v) is 7.76. The maximum Gasteiger partial charge on any atom is 0.313 e. The number of fused-ring (bicyclic) bond motifs is 1. The molecule has 0 N–H and O–H groups in total. The summed E-state index contributed by atoms with van der Waals surface area (Å²) < 4.78 is 11.7. The van der Waals surface area contributed by atoms with Crippen molar-refractivity contribution >= 4 is 17.6 Å². The summed E-state index contributed by atoms with van der Waals surface area (Å²) in [4.78, 5) is 27.9. The maximum atomic E-state index is 13.3. The molecule has 2 bridgehead atoms. The average Bonchev–Trinajstić information content (AvgIpc) is 3.35. The quantitative estimate of drug-likeness (QED) is 0.609. The number of hydrogen-bond acceptors (Lipinski definition) is 4. The van der Waals surface area contributed by atoms with Crippen LogP contribution in [0.4, 0.5) is 5.69 Å². The van der Waals surface area contributed by atoms with Gasteiger partial charge in [0.05, 0.1) is 18.6 Å². The molecule has 4 atom stereocenters. The number of ether oxygens (including phenoxy) is 2. The highest BCUT2D eigenvalue weighted by atomic mass is 16.6. The number of carbonyl (C=O) groups is 2. The zero-order chi connectivity index (χ0) is 19.3. The van der Waals surface area contributed by atoms with Crippen LogP contribution in [0.15, 0.2) is 66.7 Å². The summed E-state index contributed by atoms with van der Waals surface area (Å²) in [6.45, 7) is 2.62. The van der Waals surface area contributed by atoms with E-state index in [-0.39, 0.29) is 18.5 Å². The first kappa shape index (κ1) is 17.2. The molecule has 2 aromatic carbocycles. The van der Waals surface area contributed by atoms with Gasteiger partial charge in [0, 0.05) is 5.69 Å². The lowest BCUT2D eigenvalue weighted by molar-refractivity contribution is -0.153. The third-order valence-electron chi connectivity index (χ3n) is 5.91. The number of hydrogen-bond donors (Lipinski definition) is 0. The molecule has 28 heavy (non-hydrogen) atoms. The molecule has 2 saturated heterocycles. The molecule has 5 nitrogen and oxygen atoms in total. The second kappa shape index (κ2) is 6.31. The third kappa shape index (κ3) is 2.58. The van der Waals surface area contributed by atoms with Crippen LogP contribution in [0.3, 0.4) is 0 Å². The van der Waals surface area contributed by atoms with Gasteiger partial charge in [-0.2, -0.15) is 0 Å². The van der Waals surface area contributed by atoms with Crippen molar-refractivity contribution in [3.8, 4) is 0 Å². The number of carbonyl (C=O) groups excluding carboxylic acids is 2. The molecule has 5 heteroatoms. The lowest BCUT2D eigenvalue weighted by atomic mass is 9.77. The summed E-state index contributed by atoms with van der Waals surface area (Å²) in [5.41, 5.74) is 2.11. The molecule has 2 fully saturated rings. The van der Waals surface area contributed by atoms with Crippen molar-refractivity contribution in [1.29, 1.82) is 0 Å². The topological polar surface area (TPSA) is 55.8 Å². The zero-order valence-corrected chi connectivity index (χ0v) is 15.6. The Hall–Kier alpha value is -2.92. The molecule has 5 rings (SSSR count). The Morgan fingerprint density at radius 2 is 2.04 bits per heavy atom. The second-order valence-electron chi connectivity index (χ2n) is 7.76. The fourth-order valence-corrected chi connectivity index (χ4v) is 4.61. The van der Waals surface area contributed by atoms with Crippen molar-refractivity contribution in [2.75, 3.05) is 11.4 Å². The van der Waals surface area contributed by atoms with Crippen molar-refractivity contribution in [3.05, 3.63) is 77.9 Å². The van der Waals surface area contributed by atoms with E-state index in [2.05, 4.69) is 0 Å². The van der Waals surface area contributed by atoms with Gasteiger partial charge in [-0.1, -0.05) is 54.6 Å². The van der Waals surface area contributed by atoms with Crippen LogP contribution in [-0.4, -0.2) is 30.1 Å². The highest BCUT2D eigenvalue weighted by molar-refractivity contribution is 6.02. The predicted molar refractivity (Wildman–Crippen MR) is 103 cm³/mol. The molecular formula is C23H21NO4. The molecule has 142 valence electrons. The van der Waals surface area contributed by atoms with Crippen molar-refractivity contribution in [3.63, 3.8) is 0 Å². The number of benzene rings is 2. The van der Waals surface area contributed by atoms with E-state index < -0.39 is 23.5 Å². The summed E-state index contributed by atoms with van der Waals surface area (Å²) >= 11 is 0. The van der Waals surface area contributed by atoms with Crippen LogP contribution < -0.4 is 4.90 Å². The Morgan fingerprint density at radius 3 is 2.82 bits per heavy atom. The van der Waals surface area contributed by atoms with Crippen molar-refractivity contribution in [1.82, 2.24) is 0 Å². The Balaban J connectivity index is 1.39. The van der Waals surface area contributed by atoms with Crippen LogP contribution in [0.25, 0.3) is 0 Å². The van der Waals surface area contributed by atoms with E-state index in [1.807, 2.05) is 73.7 Å². The van der Waals surface area contributed by atoms with Gasteiger partial charge < -0.3 is 14.4 Å². The van der Waals surface area contributed by atoms with Gasteiger partial charge in [-0.05, 0) is 30.2 Å². The molecule has 0 radical (unpaired) electrons. The third-order valence-corrected chi connectivity index (χ3v) is 5.91. The normalized spacial score (nSPS) is 30.0. The largest absolute Gasteiger partial charge is 0.460 e. The molecule has 1 amide bonds. The van der Waals surface area contributed by atoms with E-state index in [1.54, 1.807) is 4.90 Å². The Morgan fingerprint density at radius 1 is 1.21 bits per heavy atom. The molecule has 3 aliphatic rings. The summed E-state index contributed by atoms with van der Waals surface area (Å²) in [7, 11) is 0. The van der Waals surface area contributed by atoms with Gasteiger partial charge >= 0.3 is 5.97 Å². The Kier molecular flexibility index (Phi) is 3.88. The molecule has 3 heterocycles. The molecule has 0 aromatic heterocycles. The van der Waals surface area contributed by atoms with Crippen LogP contribution in [0.1, 0.15) is 11.1 Å². The summed E-state index contributed by atoms with van der Waals surface area (Å²) in [6.07, 6.45) is 3.46. The van der Waals surface area contributed by atoms with Crippen LogP contribution in [-0.2, 0) is 25.7 Å². The van der Waals surface area contributed by atoms with Crippen LogP contribution in [0.2, 0.25) is 0 Å². The lowest BCUT2D eigenvalue weighted by Crippen LogP contribution is -2.40. The van der Waals surface area contributed by atoms with Gasteiger partial charge in [0.25, 0.3) is 0 Å². The van der Waals surface area contributed by atoms with Crippen LogP contribution in [0, 0.1) is 18.8 Å². The van der Waals surface area contributed by atoms with E-state index in [9.17, 15) is 9.59 Å². The molecule has 1 spiro atoms. The lowest BCUT2D eigenvalue weighted by Gasteiger charge is -2.22. The van der Waals surface area contributed by atoms with Gasteiger partial charge in [0.1, 0.15) is 18.1 Å². The molecule has 3 aliphatic heterocycles. The standard InChI is InChI=1S/C23H21NO4/c1-15-6-5-9-17(12-15)24-14-23-11-10-18(28-23)19(20(23)21(24)25)22(26)27-13-16-7-3-2-4-8-16/h2-12,18-20H,13-14H2,1H3/t18-,19+,20+,23+/m0/s1. The van der Waals surface area contributed by atoms with Crippen LogP contribution in [0.5, 0.6) is 0 Å². The minimum absolute atomic E-state index is 0.0703. The van der Waals surface area contributed by atoms with Crippen molar-refractivity contribution < 1.29 is 19.1 Å². The first-order valence-electron chi connectivity index (χ1n) is 9.53. The number of esters is 1. The van der Waals surface area contributed by atoms with Crippen molar-refractivity contribution in [2.24, 2.45) is 11.8 Å².